The standard InChI is InChI=1S/C17H17NO3/c1-10-4-6-13(8-12(10)3)16(19)18-15-9-14(17(20)21)7-5-11(15)2/h4-9H,1-3H3,(H,18,19)(H,20,21). The highest BCUT2D eigenvalue weighted by molar-refractivity contribution is 6.05. The molecule has 0 aliphatic heterocycles. The highest BCUT2D eigenvalue weighted by atomic mass is 16.4. The van der Waals surface area contributed by atoms with E-state index >= 15 is 0 Å². The van der Waals surface area contributed by atoms with Crippen LogP contribution in [0.25, 0.3) is 0 Å². The number of rotatable bonds is 3. The summed E-state index contributed by atoms with van der Waals surface area (Å²) in [5.74, 6) is -1.26. The molecular weight excluding hydrogens is 266 g/mol. The molecule has 0 spiro atoms. The Labute approximate surface area is 123 Å². The van der Waals surface area contributed by atoms with E-state index in [4.69, 9.17) is 5.11 Å². The van der Waals surface area contributed by atoms with Gasteiger partial charge in [0, 0.05) is 11.3 Å². The first-order chi connectivity index (χ1) is 9.88. The lowest BCUT2D eigenvalue weighted by Gasteiger charge is -2.10. The van der Waals surface area contributed by atoms with Gasteiger partial charge in [0.25, 0.3) is 5.91 Å². The van der Waals surface area contributed by atoms with E-state index in [-0.39, 0.29) is 11.5 Å². The Morgan fingerprint density at radius 2 is 1.48 bits per heavy atom. The van der Waals surface area contributed by atoms with Gasteiger partial charge in [-0.1, -0.05) is 12.1 Å². The number of benzene rings is 2. The zero-order chi connectivity index (χ0) is 15.6. The van der Waals surface area contributed by atoms with Crippen LogP contribution in [0.2, 0.25) is 0 Å². The highest BCUT2D eigenvalue weighted by Gasteiger charge is 2.11. The van der Waals surface area contributed by atoms with Crippen LogP contribution >= 0.6 is 0 Å². The molecule has 4 nitrogen and oxygen atoms in total. The van der Waals surface area contributed by atoms with Crippen LogP contribution in [0.4, 0.5) is 5.69 Å². The number of carbonyl (C=O) groups excluding carboxylic acids is 1. The molecular formula is C17H17NO3. The molecule has 0 heterocycles. The Balaban J connectivity index is 2.28. The van der Waals surface area contributed by atoms with Crippen molar-refractivity contribution in [1.29, 1.82) is 0 Å². The summed E-state index contributed by atoms with van der Waals surface area (Å²) < 4.78 is 0. The van der Waals surface area contributed by atoms with Gasteiger partial charge in [0.1, 0.15) is 0 Å². The molecule has 21 heavy (non-hydrogen) atoms. The number of carboxylic acids is 1. The third kappa shape index (κ3) is 3.28. The topological polar surface area (TPSA) is 66.4 Å². The third-order valence-electron chi connectivity index (χ3n) is 3.50. The van der Waals surface area contributed by atoms with Crippen molar-refractivity contribution in [3.8, 4) is 0 Å². The molecule has 4 heteroatoms. The summed E-state index contributed by atoms with van der Waals surface area (Å²) in [7, 11) is 0. The monoisotopic (exact) mass is 283 g/mol. The summed E-state index contributed by atoms with van der Waals surface area (Å²) >= 11 is 0. The Morgan fingerprint density at radius 3 is 2.10 bits per heavy atom. The second-order valence-electron chi connectivity index (χ2n) is 5.09. The highest BCUT2D eigenvalue weighted by Crippen LogP contribution is 2.19. The van der Waals surface area contributed by atoms with Crippen molar-refractivity contribution >= 4 is 17.6 Å². The summed E-state index contributed by atoms with van der Waals surface area (Å²) in [5, 5.41) is 11.8. The van der Waals surface area contributed by atoms with Crippen molar-refractivity contribution in [2.75, 3.05) is 5.32 Å². The van der Waals surface area contributed by atoms with Crippen LogP contribution in [0.5, 0.6) is 0 Å². The summed E-state index contributed by atoms with van der Waals surface area (Å²) in [5.41, 5.74) is 4.19. The van der Waals surface area contributed by atoms with Crippen molar-refractivity contribution < 1.29 is 14.7 Å². The average molecular weight is 283 g/mol. The second kappa shape index (κ2) is 5.79. The number of hydrogen-bond acceptors (Lipinski definition) is 2. The predicted octanol–water partition coefficient (Wildman–Crippen LogP) is 3.56. The maximum atomic E-state index is 12.3. The fourth-order valence-corrected chi connectivity index (χ4v) is 1.97. The van der Waals surface area contributed by atoms with E-state index in [1.54, 1.807) is 12.1 Å². The minimum Gasteiger partial charge on any atom is -0.478 e. The number of anilines is 1. The Hall–Kier alpha value is -2.62. The lowest BCUT2D eigenvalue weighted by atomic mass is 10.1. The van der Waals surface area contributed by atoms with Crippen molar-refractivity contribution in [2.45, 2.75) is 20.8 Å². The first kappa shape index (κ1) is 14.8. The molecule has 0 fully saturated rings. The molecule has 2 rings (SSSR count). The molecule has 2 aromatic carbocycles. The lowest BCUT2D eigenvalue weighted by Crippen LogP contribution is -2.13. The van der Waals surface area contributed by atoms with Gasteiger partial charge in [0.05, 0.1) is 5.56 Å². The van der Waals surface area contributed by atoms with E-state index in [1.807, 2.05) is 32.9 Å². The van der Waals surface area contributed by atoms with Crippen LogP contribution < -0.4 is 5.32 Å². The molecule has 0 atom stereocenters. The number of nitrogens with one attached hydrogen (secondary N) is 1. The molecule has 2 N–H and O–H groups in total. The molecule has 0 bridgehead atoms. The van der Waals surface area contributed by atoms with Gasteiger partial charge < -0.3 is 10.4 Å². The van der Waals surface area contributed by atoms with Crippen LogP contribution in [0.15, 0.2) is 36.4 Å². The number of carbonyl (C=O) groups is 2. The predicted molar refractivity (Wildman–Crippen MR) is 82.0 cm³/mol. The molecule has 0 saturated carbocycles. The maximum Gasteiger partial charge on any atom is 0.335 e. The first-order valence-corrected chi connectivity index (χ1v) is 6.61. The summed E-state index contributed by atoms with van der Waals surface area (Å²) in [4.78, 5) is 23.2. The number of amides is 1. The van der Waals surface area contributed by atoms with Crippen molar-refractivity contribution in [3.63, 3.8) is 0 Å². The first-order valence-electron chi connectivity index (χ1n) is 6.61. The van der Waals surface area contributed by atoms with Gasteiger partial charge in [-0.05, 0) is 61.7 Å². The summed E-state index contributed by atoms with van der Waals surface area (Å²) in [6.07, 6.45) is 0. The normalized spacial score (nSPS) is 10.2. The molecule has 0 aliphatic rings. The Kier molecular flexibility index (Phi) is 4.08. The van der Waals surface area contributed by atoms with Crippen molar-refractivity contribution in [1.82, 2.24) is 0 Å². The third-order valence-corrected chi connectivity index (χ3v) is 3.50. The van der Waals surface area contributed by atoms with Crippen LogP contribution in [0, 0.1) is 20.8 Å². The van der Waals surface area contributed by atoms with Crippen molar-refractivity contribution in [2.24, 2.45) is 0 Å². The molecule has 2 aromatic rings. The zero-order valence-corrected chi connectivity index (χ0v) is 12.2. The Morgan fingerprint density at radius 1 is 0.857 bits per heavy atom. The molecule has 0 radical (unpaired) electrons. The Bertz CT molecular complexity index is 720. The van der Waals surface area contributed by atoms with Gasteiger partial charge in [-0.25, -0.2) is 4.79 Å². The molecule has 0 aromatic heterocycles. The largest absolute Gasteiger partial charge is 0.478 e. The molecule has 0 aliphatic carbocycles. The number of aryl methyl sites for hydroxylation is 3. The van der Waals surface area contributed by atoms with E-state index in [0.29, 0.717) is 11.3 Å². The maximum absolute atomic E-state index is 12.3. The summed E-state index contributed by atoms with van der Waals surface area (Å²) in [6, 6.07) is 10.1. The minimum absolute atomic E-state index is 0.149. The van der Waals surface area contributed by atoms with Gasteiger partial charge in [-0.2, -0.15) is 0 Å². The second-order valence-corrected chi connectivity index (χ2v) is 5.09. The smallest absolute Gasteiger partial charge is 0.335 e. The quantitative estimate of drug-likeness (QED) is 0.905. The summed E-state index contributed by atoms with van der Waals surface area (Å²) in [6.45, 7) is 5.75. The SMILES string of the molecule is Cc1ccc(C(=O)Nc2cc(C(=O)O)ccc2C)cc1C. The van der Waals surface area contributed by atoms with Crippen LogP contribution in [0.1, 0.15) is 37.4 Å². The fourth-order valence-electron chi connectivity index (χ4n) is 1.97. The average Bonchev–Trinajstić information content (AvgIpc) is 2.43. The van der Waals surface area contributed by atoms with E-state index in [1.165, 1.54) is 12.1 Å². The molecule has 0 saturated heterocycles. The minimum atomic E-state index is -1.02. The number of carboxylic acid groups (broad SMARTS) is 1. The van der Waals surface area contributed by atoms with E-state index in [0.717, 1.165) is 16.7 Å². The van der Waals surface area contributed by atoms with Gasteiger partial charge >= 0.3 is 5.97 Å². The fraction of sp³-hybridized carbons (Fsp3) is 0.176. The van der Waals surface area contributed by atoms with E-state index in [2.05, 4.69) is 5.32 Å². The van der Waals surface area contributed by atoms with Crippen LogP contribution in [-0.4, -0.2) is 17.0 Å². The molecule has 0 unspecified atom stereocenters. The van der Waals surface area contributed by atoms with Crippen LogP contribution in [-0.2, 0) is 0 Å². The zero-order valence-electron chi connectivity index (χ0n) is 12.2. The number of hydrogen-bond donors (Lipinski definition) is 2. The molecule has 1 amide bonds. The van der Waals surface area contributed by atoms with E-state index in [9.17, 15) is 9.59 Å². The van der Waals surface area contributed by atoms with Crippen LogP contribution in [0.3, 0.4) is 0 Å². The van der Waals surface area contributed by atoms with Gasteiger partial charge in [0.15, 0.2) is 0 Å². The van der Waals surface area contributed by atoms with Crippen molar-refractivity contribution in [3.05, 3.63) is 64.2 Å². The van der Waals surface area contributed by atoms with E-state index < -0.39 is 5.97 Å². The van der Waals surface area contributed by atoms with Gasteiger partial charge in [-0.3, -0.25) is 4.79 Å². The molecule has 108 valence electrons. The van der Waals surface area contributed by atoms with Gasteiger partial charge in [-0.15, -0.1) is 0 Å². The number of aromatic carboxylic acids is 1. The lowest BCUT2D eigenvalue weighted by molar-refractivity contribution is 0.0696. The van der Waals surface area contributed by atoms with Gasteiger partial charge in [0.2, 0.25) is 0 Å².